The van der Waals surface area contributed by atoms with Gasteiger partial charge in [-0.1, -0.05) is 58.0 Å². The molecule has 0 aromatic heterocycles. The van der Waals surface area contributed by atoms with E-state index < -0.39 is 0 Å². The second-order valence-corrected chi connectivity index (χ2v) is 7.23. The average Bonchev–Trinajstić information content (AvgIpc) is 2.48. The first-order valence-corrected chi connectivity index (χ1v) is 9.20. The highest BCUT2D eigenvalue weighted by Gasteiger charge is 2.23. The minimum atomic E-state index is 0.538. The molecule has 1 aliphatic heterocycles. The van der Waals surface area contributed by atoms with Crippen molar-refractivity contribution in [2.75, 3.05) is 26.2 Å². The van der Waals surface area contributed by atoms with Crippen molar-refractivity contribution in [1.82, 2.24) is 10.2 Å². The van der Waals surface area contributed by atoms with Crippen LogP contribution in [0.15, 0.2) is 27.1 Å². The van der Waals surface area contributed by atoms with Crippen LogP contribution in [0, 0.1) is 0 Å². The zero-order valence-electron chi connectivity index (χ0n) is 12.2. The summed E-state index contributed by atoms with van der Waals surface area (Å²) in [5.74, 6) is 0. The van der Waals surface area contributed by atoms with E-state index in [1.54, 1.807) is 0 Å². The predicted molar refractivity (Wildman–Crippen MR) is 93.2 cm³/mol. The molecule has 1 heterocycles. The highest BCUT2D eigenvalue weighted by molar-refractivity contribution is 9.11. The molecular weight excluding hydrogens is 380 g/mol. The van der Waals surface area contributed by atoms with Gasteiger partial charge in [-0.3, -0.25) is 4.90 Å². The van der Waals surface area contributed by atoms with E-state index in [1.165, 1.54) is 40.2 Å². The zero-order chi connectivity index (χ0) is 14.4. The first-order valence-electron chi connectivity index (χ1n) is 7.62. The van der Waals surface area contributed by atoms with Gasteiger partial charge >= 0.3 is 0 Å². The Kier molecular flexibility index (Phi) is 7.02. The molecule has 1 aromatic carbocycles. The number of unbranched alkanes of at least 4 members (excludes halogenated alkanes) is 2. The van der Waals surface area contributed by atoms with Gasteiger partial charge in [0.25, 0.3) is 0 Å². The summed E-state index contributed by atoms with van der Waals surface area (Å²) in [7, 11) is 0. The first-order chi connectivity index (χ1) is 9.72. The van der Waals surface area contributed by atoms with Gasteiger partial charge in [-0.25, -0.2) is 0 Å². The fourth-order valence-corrected chi connectivity index (χ4v) is 3.78. The normalized spacial score (nSPS) is 18.1. The predicted octanol–water partition coefficient (Wildman–Crippen LogP) is 4.74. The Balaban J connectivity index is 2.17. The lowest BCUT2D eigenvalue weighted by atomic mass is 9.98. The highest BCUT2D eigenvalue weighted by atomic mass is 79.9. The van der Waals surface area contributed by atoms with Gasteiger partial charge in [-0.05, 0) is 30.2 Å². The molecule has 1 N–H and O–H groups in total. The minimum absolute atomic E-state index is 0.538. The van der Waals surface area contributed by atoms with Crippen molar-refractivity contribution in [3.63, 3.8) is 0 Å². The molecule has 112 valence electrons. The number of hydrogen-bond donors (Lipinski definition) is 1. The van der Waals surface area contributed by atoms with Crippen molar-refractivity contribution in [3.05, 3.63) is 32.7 Å². The third kappa shape index (κ3) is 4.55. The molecule has 0 unspecified atom stereocenters. The van der Waals surface area contributed by atoms with Crippen LogP contribution in [0.2, 0.25) is 0 Å². The molecule has 1 aromatic rings. The van der Waals surface area contributed by atoms with Gasteiger partial charge in [0.2, 0.25) is 0 Å². The summed E-state index contributed by atoms with van der Waals surface area (Å²) in [5.41, 5.74) is 1.43. The lowest BCUT2D eigenvalue weighted by molar-refractivity contribution is 0.162. The number of nitrogens with zero attached hydrogens (tertiary/aromatic N) is 1. The number of halogens is 2. The summed E-state index contributed by atoms with van der Waals surface area (Å²) < 4.78 is 2.41. The van der Waals surface area contributed by atoms with Gasteiger partial charge in [0.05, 0.1) is 0 Å². The number of nitrogens with one attached hydrogen (secondary N) is 1. The fraction of sp³-hybridized carbons (Fsp3) is 0.625. The van der Waals surface area contributed by atoms with Gasteiger partial charge in [0, 0.05) is 41.2 Å². The van der Waals surface area contributed by atoms with Crippen molar-refractivity contribution in [2.24, 2.45) is 0 Å². The van der Waals surface area contributed by atoms with E-state index in [0.717, 1.165) is 26.2 Å². The van der Waals surface area contributed by atoms with E-state index in [1.807, 2.05) is 0 Å². The van der Waals surface area contributed by atoms with Crippen molar-refractivity contribution in [1.29, 1.82) is 0 Å². The van der Waals surface area contributed by atoms with E-state index in [-0.39, 0.29) is 0 Å². The maximum atomic E-state index is 3.74. The number of hydrogen-bond acceptors (Lipinski definition) is 2. The molecule has 1 atom stereocenters. The van der Waals surface area contributed by atoms with Crippen LogP contribution in [-0.4, -0.2) is 31.1 Å². The van der Waals surface area contributed by atoms with Gasteiger partial charge in [-0.2, -0.15) is 0 Å². The summed E-state index contributed by atoms with van der Waals surface area (Å²) >= 11 is 7.36. The molecule has 0 spiro atoms. The molecular formula is C16H24Br2N2. The lowest BCUT2D eigenvalue weighted by Gasteiger charge is -2.36. The Labute approximate surface area is 139 Å². The van der Waals surface area contributed by atoms with Crippen LogP contribution in [0.25, 0.3) is 0 Å². The lowest BCUT2D eigenvalue weighted by Crippen LogP contribution is -2.45. The van der Waals surface area contributed by atoms with E-state index >= 15 is 0 Å². The smallest absolute Gasteiger partial charge is 0.0360 e. The fourth-order valence-electron chi connectivity index (χ4n) is 2.89. The summed E-state index contributed by atoms with van der Waals surface area (Å²) in [4.78, 5) is 2.64. The Morgan fingerprint density at radius 3 is 2.65 bits per heavy atom. The van der Waals surface area contributed by atoms with Crippen molar-refractivity contribution in [3.8, 4) is 0 Å². The zero-order valence-corrected chi connectivity index (χ0v) is 15.3. The highest BCUT2D eigenvalue weighted by Crippen LogP contribution is 2.34. The molecule has 0 aliphatic carbocycles. The van der Waals surface area contributed by atoms with Crippen LogP contribution in [0.4, 0.5) is 0 Å². The quantitative estimate of drug-likeness (QED) is 0.690. The third-order valence-electron chi connectivity index (χ3n) is 3.99. The first kappa shape index (κ1) is 16.5. The van der Waals surface area contributed by atoms with E-state index in [2.05, 4.69) is 67.2 Å². The topological polar surface area (TPSA) is 15.3 Å². The molecule has 1 fully saturated rings. The largest absolute Gasteiger partial charge is 0.314 e. The third-order valence-corrected chi connectivity index (χ3v) is 5.21. The van der Waals surface area contributed by atoms with E-state index in [4.69, 9.17) is 0 Å². The Hall–Kier alpha value is 0.1000. The molecule has 20 heavy (non-hydrogen) atoms. The van der Waals surface area contributed by atoms with Crippen LogP contribution in [-0.2, 0) is 0 Å². The maximum Gasteiger partial charge on any atom is 0.0360 e. The van der Waals surface area contributed by atoms with Crippen LogP contribution < -0.4 is 5.32 Å². The molecule has 2 nitrogen and oxygen atoms in total. The van der Waals surface area contributed by atoms with Crippen LogP contribution in [0.5, 0.6) is 0 Å². The molecule has 0 saturated carbocycles. The van der Waals surface area contributed by atoms with Crippen molar-refractivity contribution >= 4 is 31.9 Å². The SMILES string of the molecule is CCCCC[C@@H](c1cc(Br)ccc1Br)N1CCNCC1. The molecule has 0 bridgehead atoms. The van der Waals surface area contributed by atoms with Gasteiger partial charge in [0.1, 0.15) is 0 Å². The molecule has 1 saturated heterocycles. The number of piperazine rings is 1. The summed E-state index contributed by atoms with van der Waals surface area (Å²) in [6, 6.07) is 7.08. The van der Waals surface area contributed by atoms with Gasteiger partial charge in [0.15, 0.2) is 0 Å². The average molecular weight is 404 g/mol. The maximum absolute atomic E-state index is 3.74. The standard InChI is InChI=1S/C16H24Br2N2/c1-2-3-4-5-16(20-10-8-19-9-11-20)14-12-13(17)6-7-15(14)18/h6-7,12,16,19H,2-5,8-11H2,1H3/t16-/m0/s1. The summed E-state index contributed by atoms with van der Waals surface area (Å²) in [6.07, 6.45) is 5.18. The monoisotopic (exact) mass is 402 g/mol. The molecule has 0 amide bonds. The molecule has 4 heteroatoms. The second-order valence-electron chi connectivity index (χ2n) is 5.46. The van der Waals surface area contributed by atoms with Crippen molar-refractivity contribution in [2.45, 2.75) is 38.6 Å². The van der Waals surface area contributed by atoms with Crippen molar-refractivity contribution < 1.29 is 0 Å². The van der Waals surface area contributed by atoms with E-state index in [0.29, 0.717) is 6.04 Å². The van der Waals surface area contributed by atoms with E-state index in [9.17, 15) is 0 Å². The van der Waals surface area contributed by atoms with Crippen LogP contribution in [0.1, 0.15) is 44.2 Å². The van der Waals surface area contributed by atoms with Gasteiger partial charge in [-0.15, -0.1) is 0 Å². The van der Waals surface area contributed by atoms with Crippen LogP contribution in [0.3, 0.4) is 0 Å². The molecule has 0 radical (unpaired) electrons. The summed E-state index contributed by atoms with van der Waals surface area (Å²) in [5, 5.41) is 3.45. The second kappa shape index (κ2) is 8.52. The Morgan fingerprint density at radius 1 is 1.20 bits per heavy atom. The number of benzene rings is 1. The summed E-state index contributed by atoms with van der Waals surface area (Å²) in [6.45, 7) is 6.78. The molecule has 1 aliphatic rings. The Morgan fingerprint density at radius 2 is 1.95 bits per heavy atom. The minimum Gasteiger partial charge on any atom is -0.314 e. The van der Waals surface area contributed by atoms with Crippen LogP contribution >= 0.6 is 31.9 Å². The van der Waals surface area contributed by atoms with Gasteiger partial charge < -0.3 is 5.32 Å². The Bertz CT molecular complexity index is 417. The number of rotatable bonds is 6. The molecule has 2 rings (SSSR count).